The third kappa shape index (κ3) is 3.77. The van der Waals surface area contributed by atoms with E-state index in [1.165, 1.54) is 4.68 Å². The summed E-state index contributed by atoms with van der Waals surface area (Å²) in [7, 11) is 0. The van der Waals surface area contributed by atoms with Gasteiger partial charge in [0.05, 0.1) is 12.3 Å². The van der Waals surface area contributed by atoms with Gasteiger partial charge >= 0.3 is 12.0 Å². The minimum atomic E-state index is -0.952. The maximum Gasteiger partial charge on any atom is 0.360 e. The summed E-state index contributed by atoms with van der Waals surface area (Å²) in [6, 6.07) is -0.952. The van der Waals surface area contributed by atoms with Crippen LogP contribution in [0.2, 0.25) is 0 Å². The number of nitrogens with one attached hydrogen (secondary N) is 1. The summed E-state index contributed by atoms with van der Waals surface area (Å²) < 4.78 is 6.12. The van der Waals surface area contributed by atoms with Gasteiger partial charge in [0, 0.05) is 0 Å². The number of imide groups is 1. The van der Waals surface area contributed by atoms with Crippen LogP contribution in [0.15, 0.2) is 0 Å². The van der Waals surface area contributed by atoms with E-state index in [0.29, 0.717) is 5.69 Å². The van der Waals surface area contributed by atoms with Crippen LogP contribution in [0.3, 0.4) is 0 Å². The second-order valence-corrected chi connectivity index (χ2v) is 4.27. The van der Waals surface area contributed by atoms with E-state index < -0.39 is 17.9 Å². The lowest BCUT2D eigenvalue weighted by Crippen LogP contribution is -2.37. The van der Waals surface area contributed by atoms with Crippen LogP contribution in [0.25, 0.3) is 0 Å². The number of carbonyl (C=O) groups excluding carboxylic acids is 3. The third-order valence-corrected chi connectivity index (χ3v) is 2.35. The number of urea groups is 1. The maximum absolute atomic E-state index is 11.7. The zero-order valence-corrected chi connectivity index (χ0v) is 11.5. The van der Waals surface area contributed by atoms with Crippen molar-refractivity contribution in [3.63, 3.8) is 0 Å². The van der Waals surface area contributed by atoms with E-state index in [1.54, 1.807) is 6.92 Å². The van der Waals surface area contributed by atoms with Crippen LogP contribution in [0, 0.1) is 0 Å². The molecule has 0 aliphatic carbocycles. The van der Waals surface area contributed by atoms with Gasteiger partial charge in [-0.05, 0) is 12.8 Å². The Morgan fingerprint density at radius 3 is 2.55 bits per heavy atom. The molecule has 3 N–H and O–H groups in total. The number of esters is 1. The number of hydrogen-bond donors (Lipinski definition) is 2. The molecule has 9 heteroatoms. The van der Waals surface area contributed by atoms with Crippen molar-refractivity contribution in [1.82, 2.24) is 20.3 Å². The molecule has 1 heterocycles. The predicted molar refractivity (Wildman–Crippen MR) is 67.8 cm³/mol. The highest BCUT2D eigenvalue weighted by atomic mass is 16.5. The highest BCUT2D eigenvalue weighted by Gasteiger charge is 2.24. The van der Waals surface area contributed by atoms with Crippen molar-refractivity contribution < 1.29 is 19.1 Å². The van der Waals surface area contributed by atoms with Crippen molar-refractivity contribution in [2.75, 3.05) is 6.61 Å². The normalized spacial score (nSPS) is 10.4. The third-order valence-electron chi connectivity index (χ3n) is 2.35. The van der Waals surface area contributed by atoms with Crippen LogP contribution in [0.1, 0.15) is 42.9 Å². The monoisotopic (exact) mass is 283 g/mol. The molecule has 0 saturated heterocycles. The SMILES string of the molecule is CCOC(=O)c1nnn(CC(=O)NC(N)=O)c1C(C)C. The first-order valence-corrected chi connectivity index (χ1v) is 6.06. The zero-order valence-electron chi connectivity index (χ0n) is 11.5. The summed E-state index contributed by atoms with van der Waals surface area (Å²) in [6.45, 7) is 5.28. The average Bonchev–Trinajstić information content (AvgIpc) is 2.71. The second-order valence-electron chi connectivity index (χ2n) is 4.27. The van der Waals surface area contributed by atoms with Gasteiger partial charge in [-0.2, -0.15) is 0 Å². The van der Waals surface area contributed by atoms with Gasteiger partial charge in [0.2, 0.25) is 5.91 Å². The lowest BCUT2D eigenvalue weighted by atomic mass is 10.1. The Bertz CT molecular complexity index is 523. The summed E-state index contributed by atoms with van der Waals surface area (Å²) in [4.78, 5) is 33.8. The van der Waals surface area contributed by atoms with E-state index in [4.69, 9.17) is 10.5 Å². The molecule has 0 unspecified atom stereocenters. The van der Waals surface area contributed by atoms with Crippen LogP contribution in [0.4, 0.5) is 4.79 Å². The van der Waals surface area contributed by atoms with Gasteiger partial charge in [-0.3, -0.25) is 10.1 Å². The van der Waals surface area contributed by atoms with Gasteiger partial charge < -0.3 is 10.5 Å². The van der Waals surface area contributed by atoms with Crippen LogP contribution in [0.5, 0.6) is 0 Å². The minimum Gasteiger partial charge on any atom is -0.461 e. The molecule has 0 aliphatic rings. The van der Waals surface area contributed by atoms with Crippen LogP contribution in [-0.4, -0.2) is 39.5 Å². The highest BCUT2D eigenvalue weighted by Crippen LogP contribution is 2.18. The molecular weight excluding hydrogens is 266 g/mol. The highest BCUT2D eigenvalue weighted by molar-refractivity contribution is 5.93. The van der Waals surface area contributed by atoms with Crippen molar-refractivity contribution in [2.24, 2.45) is 5.73 Å². The Kier molecular flexibility index (Phi) is 5.18. The number of nitrogens with zero attached hydrogens (tertiary/aromatic N) is 3. The summed E-state index contributed by atoms with van der Waals surface area (Å²) in [5, 5.41) is 9.39. The van der Waals surface area contributed by atoms with E-state index in [0.717, 1.165) is 0 Å². The molecule has 0 aromatic carbocycles. The fourth-order valence-corrected chi connectivity index (χ4v) is 1.67. The van der Waals surface area contributed by atoms with Crippen molar-refractivity contribution in [3.05, 3.63) is 11.4 Å². The van der Waals surface area contributed by atoms with Crippen molar-refractivity contribution in [3.8, 4) is 0 Å². The summed E-state index contributed by atoms with van der Waals surface area (Å²) in [5.74, 6) is -1.34. The Morgan fingerprint density at radius 1 is 1.40 bits per heavy atom. The molecule has 3 amide bonds. The van der Waals surface area contributed by atoms with Gasteiger partial charge in [-0.1, -0.05) is 19.1 Å². The predicted octanol–water partition coefficient (Wildman–Crippen LogP) is -0.227. The first kappa shape index (κ1) is 15.6. The largest absolute Gasteiger partial charge is 0.461 e. The summed E-state index contributed by atoms with van der Waals surface area (Å²) >= 11 is 0. The molecule has 0 aliphatic heterocycles. The number of primary amides is 1. The molecule has 0 atom stereocenters. The van der Waals surface area contributed by atoms with Gasteiger partial charge in [0.15, 0.2) is 5.69 Å². The molecule has 0 saturated carbocycles. The molecule has 9 nitrogen and oxygen atoms in total. The molecule has 1 rings (SSSR count). The molecule has 20 heavy (non-hydrogen) atoms. The van der Waals surface area contributed by atoms with E-state index in [2.05, 4.69) is 10.3 Å². The Balaban J connectivity index is 3.00. The number of carbonyl (C=O) groups is 3. The first-order valence-electron chi connectivity index (χ1n) is 6.06. The molecule has 0 radical (unpaired) electrons. The fourth-order valence-electron chi connectivity index (χ4n) is 1.67. The maximum atomic E-state index is 11.7. The number of nitrogens with two attached hydrogens (primary N) is 1. The van der Waals surface area contributed by atoms with Gasteiger partial charge in [-0.15, -0.1) is 5.10 Å². The lowest BCUT2D eigenvalue weighted by Gasteiger charge is -2.10. The number of ether oxygens (including phenoxy) is 1. The van der Waals surface area contributed by atoms with Gasteiger partial charge in [0.1, 0.15) is 6.54 Å². The number of rotatable bonds is 5. The summed E-state index contributed by atoms with van der Waals surface area (Å²) in [5.41, 5.74) is 5.37. The van der Waals surface area contributed by atoms with Crippen molar-refractivity contribution >= 4 is 17.9 Å². The zero-order chi connectivity index (χ0) is 15.3. The molecule has 110 valence electrons. The Hall–Kier alpha value is -2.45. The summed E-state index contributed by atoms with van der Waals surface area (Å²) in [6.07, 6.45) is 0. The smallest absolute Gasteiger partial charge is 0.360 e. The van der Waals surface area contributed by atoms with Crippen LogP contribution in [-0.2, 0) is 16.1 Å². The lowest BCUT2D eigenvalue weighted by molar-refractivity contribution is -0.120. The van der Waals surface area contributed by atoms with Gasteiger partial charge in [-0.25, -0.2) is 14.3 Å². The van der Waals surface area contributed by atoms with E-state index in [1.807, 2.05) is 19.2 Å². The van der Waals surface area contributed by atoms with E-state index in [-0.39, 0.29) is 24.8 Å². The molecule has 0 bridgehead atoms. The first-order chi connectivity index (χ1) is 9.36. The van der Waals surface area contributed by atoms with E-state index in [9.17, 15) is 14.4 Å². The quantitative estimate of drug-likeness (QED) is 0.718. The number of amides is 3. The van der Waals surface area contributed by atoms with Crippen molar-refractivity contribution in [2.45, 2.75) is 33.2 Å². The molecule has 0 fully saturated rings. The van der Waals surface area contributed by atoms with Crippen LogP contribution >= 0.6 is 0 Å². The van der Waals surface area contributed by atoms with Gasteiger partial charge in [0.25, 0.3) is 0 Å². The topological polar surface area (TPSA) is 129 Å². The number of hydrogen-bond acceptors (Lipinski definition) is 6. The minimum absolute atomic E-state index is 0.0636. The van der Waals surface area contributed by atoms with Crippen molar-refractivity contribution in [1.29, 1.82) is 0 Å². The Labute approximate surface area is 115 Å². The fraction of sp³-hybridized carbons (Fsp3) is 0.545. The molecule has 0 spiro atoms. The standard InChI is InChI=1S/C11H17N5O4/c1-4-20-10(18)8-9(6(2)3)16(15-14-8)5-7(17)13-11(12)19/h6H,4-5H2,1-3H3,(H3,12,13,17,19). The number of aromatic nitrogens is 3. The molecule has 1 aromatic rings. The molecule has 1 aromatic heterocycles. The molecular formula is C11H17N5O4. The van der Waals surface area contributed by atoms with E-state index >= 15 is 0 Å². The average molecular weight is 283 g/mol. The van der Waals surface area contributed by atoms with Crippen LogP contribution < -0.4 is 11.1 Å². The Morgan fingerprint density at radius 2 is 2.05 bits per heavy atom. The second kappa shape index (κ2) is 6.64.